The van der Waals surface area contributed by atoms with Crippen molar-refractivity contribution >= 4 is 5.91 Å². The Labute approximate surface area is 113 Å². The first-order valence-electron chi connectivity index (χ1n) is 6.46. The Kier molecular flexibility index (Phi) is 4.76. The SMILES string of the molecule is COc1ccc(C(C)NC(=O)C2COCCN2)cc1. The first-order chi connectivity index (χ1) is 9.20. The van der Waals surface area contributed by atoms with Crippen LogP contribution in [0.3, 0.4) is 0 Å². The van der Waals surface area contributed by atoms with Crippen LogP contribution in [-0.2, 0) is 9.53 Å². The number of hydrogen-bond donors (Lipinski definition) is 2. The molecule has 104 valence electrons. The largest absolute Gasteiger partial charge is 0.497 e. The summed E-state index contributed by atoms with van der Waals surface area (Å²) in [6.07, 6.45) is 0. The molecule has 1 amide bonds. The van der Waals surface area contributed by atoms with Gasteiger partial charge >= 0.3 is 0 Å². The molecule has 1 heterocycles. The maximum Gasteiger partial charge on any atom is 0.240 e. The summed E-state index contributed by atoms with van der Waals surface area (Å²) >= 11 is 0. The maximum absolute atomic E-state index is 12.0. The molecule has 0 aromatic heterocycles. The van der Waals surface area contributed by atoms with Gasteiger partial charge in [0.15, 0.2) is 0 Å². The van der Waals surface area contributed by atoms with E-state index in [0.29, 0.717) is 13.2 Å². The molecule has 1 aromatic rings. The average molecular weight is 264 g/mol. The number of ether oxygens (including phenoxy) is 2. The van der Waals surface area contributed by atoms with Gasteiger partial charge in [-0.25, -0.2) is 0 Å². The van der Waals surface area contributed by atoms with Gasteiger partial charge in [0.2, 0.25) is 5.91 Å². The molecule has 1 aliphatic rings. The van der Waals surface area contributed by atoms with Crippen molar-refractivity contribution in [2.24, 2.45) is 0 Å². The fraction of sp³-hybridized carbons (Fsp3) is 0.500. The summed E-state index contributed by atoms with van der Waals surface area (Å²) in [6, 6.07) is 7.39. The number of rotatable bonds is 4. The van der Waals surface area contributed by atoms with Gasteiger partial charge in [0.05, 0.1) is 26.4 Å². The molecule has 1 fully saturated rings. The number of carbonyl (C=O) groups excluding carboxylic acids is 1. The molecule has 2 atom stereocenters. The minimum absolute atomic E-state index is 0.0250. The van der Waals surface area contributed by atoms with E-state index in [1.807, 2.05) is 31.2 Å². The third-order valence-electron chi connectivity index (χ3n) is 3.21. The van der Waals surface area contributed by atoms with Crippen molar-refractivity contribution in [3.8, 4) is 5.75 Å². The van der Waals surface area contributed by atoms with Crippen LogP contribution in [-0.4, -0.2) is 38.8 Å². The quantitative estimate of drug-likeness (QED) is 0.847. The van der Waals surface area contributed by atoms with Gasteiger partial charge in [0, 0.05) is 6.54 Å². The van der Waals surface area contributed by atoms with Crippen LogP contribution >= 0.6 is 0 Å². The van der Waals surface area contributed by atoms with E-state index in [1.165, 1.54) is 0 Å². The molecule has 1 saturated heterocycles. The monoisotopic (exact) mass is 264 g/mol. The molecule has 0 saturated carbocycles. The standard InChI is InChI=1S/C14H20N2O3/c1-10(11-3-5-12(18-2)6-4-11)16-14(17)13-9-19-8-7-15-13/h3-6,10,13,15H,7-9H2,1-2H3,(H,16,17). The smallest absolute Gasteiger partial charge is 0.240 e. The second kappa shape index (κ2) is 6.54. The van der Waals surface area contributed by atoms with Crippen LogP contribution in [0.1, 0.15) is 18.5 Å². The molecular weight excluding hydrogens is 244 g/mol. The van der Waals surface area contributed by atoms with E-state index < -0.39 is 0 Å². The van der Waals surface area contributed by atoms with Gasteiger partial charge in [-0.1, -0.05) is 12.1 Å². The van der Waals surface area contributed by atoms with Crippen LogP contribution < -0.4 is 15.4 Å². The number of nitrogens with one attached hydrogen (secondary N) is 2. The minimum Gasteiger partial charge on any atom is -0.497 e. The molecule has 1 aliphatic heterocycles. The van der Waals surface area contributed by atoms with Crippen LogP contribution in [0.15, 0.2) is 24.3 Å². The fourth-order valence-corrected chi connectivity index (χ4v) is 2.02. The molecule has 5 nitrogen and oxygen atoms in total. The summed E-state index contributed by atoms with van der Waals surface area (Å²) in [6.45, 7) is 3.78. The Morgan fingerprint density at radius 3 is 2.79 bits per heavy atom. The number of morpholine rings is 1. The van der Waals surface area contributed by atoms with Gasteiger partial charge in [0.1, 0.15) is 11.8 Å². The second-order valence-corrected chi connectivity index (χ2v) is 4.59. The van der Waals surface area contributed by atoms with Crippen LogP contribution in [0.25, 0.3) is 0 Å². The number of carbonyl (C=O) groups is 1. The summed E-state index contributed by atoms with van der Waals surface area (Å²) < 4.78 is 10.4. The zero-order valence-electron chi connectivity index (χ0n) is 11.3. The lowest BCUT2D eigenvalue weighted by atomic mass is 10.1. The van der Waals surface area contributed by atoms with E-state index in [4.69, 9.17) is 9.47 Å². The molecule has 1 aromatic carbocycles. The second-order valence-electron chi connectivity index (χ2n) is 4.59. The predicted octanol–water partition coefficient (Wildman–Crippen LogP) is 0.861. The van der Waals surface area contributed by atoms with Crippen LogP contribution in [0.4, 0.5) is 0 Å². The maximum atomic E-state index is 12.0. The molecule has 5 heteroatoms. The van der Waals surface area contributed by atoms with Crippen molar-refractivity contribution in [2.75, 3.05) is 26.9 Å². The van der Waals surface area contributed by atoms with Gasteiger partial charge in [-0.05, 0) is 24.6 Å². The topological polar surface area (TPSA) is 59.6 Å². The first-order valence-corrected chi connectivity index (χ1v) is 6.46. The summed E-state index contributed by atoms with van der Waals surface area (Å²) in [4.78, 5) is 12.0. The first kappa shape index (κ1) is 13.8. The molecule has 0 radical (unpaired) electrons. The Bertz CT molecular complexity index is 413. The van der Waals surface area contributed by atoms with Gasteiger partial charge in [0.25, 0.3) is 0 Å². The third-order valence-corrected chi connectivity index (χ3v) is 3.21. The number of benzene rings is 1. The Balaban J connectivity index is 1.91. The normalized spacial score (nSPS) is 20.6. The van der Waals surface area contributed by atoms with Crippen LogP contribution in [0.2, 0.25) is 0 Å². The summed E-state index contributed by atoms with van der Waals surface area (Å²) in [5.74, 6) is 0.785. The number of amides is 1. The summed E-state index contributed by atoms with van der Waals surface area (Å²) in [7, 11) is 1.63. The highest BCUT2D eigenvalue weighted by molar-refractivity contribution is 5.82. The highest BCUT2D eigenvalue weighted by Gasteiger charge is 2.22. The molecule has 0 bridgehead atoms. The van der Waals surface area contributed by atoms with Crippen molar-refractivity contribution in [1.29, 1.82) is 0 Å². The highest BCUT2D eigenvalue weighted by Crippen LogP contribution is 2.17. The molecular formula is C14H20N2O3. The van der Waals surface area contributed by atoms with Gasteiger partial charge < -0.3 is 20.1 Å². The van der Waals surface area contributed by atoms with Gasteiger partial charge in [-0.15, -0.1) is 0 Å². The lowest BCUT2D eigenvalue weighted by Crippen LogP contribution is -2.51. The summed E-state index contributed by atoms with van der Waals surface area (Å²) in [5, 5.41) is 6.12. The van der Waals surface area contributed by atoms with Crippen molar-refractivity contribution < 1.29 is 14.3 Å². The third kappa shape index (κ3) is 3.68. The zero-order chi connectivity index (χ0) is 13.7. The Morgan fingerprint density at radius 2 is 2.21 bits per heavy atom. The van der Waals surface area contributed by atoms with Gasteiger partial charge in [-0.3, -0.25) is 4.79 Å². The van der Waals surface area contributed by atoms with Crippen LogP contribution in [0.5, 0.6) is 5.75 Å². The van der Waals surface area contributed by atoms with E-state index in [1.54, 1.807) is 7.11 Å². The van der Waals surface area contributed by atoms with E-state index in [2.05, 4.69) is 10.6 Å². The fourth-order valence-electron chi connectivity index (χ4n) is 2.02. The zero-order valence-corrected chi connectivity index (χ0v) is 11.3. The minimum atomic E-state index is -0.255. The lowest BCUT2D eigenvalue weighted by Gasteiger charge is -2.25. The molecule has 2 rings (SSSR count). The summed E-state index contributed by atoms with van der Waals surface area (Å²) in [5.41, 5.74) is 1.05. The Hall–Kier alpha value is -1.59. The Morgan fingerprint density at radius 1 is 1.47 bits per heavy atom. The van der Waals surface area contributed by atoms with Crippen molar-refractivity contribution in [2.45, 2.75) is 19.0 Å². The van der Waals surface area contributed by atoms with Gasteiger partial charge in [-0.2, -0.15) is 0 Å². The molecule has 19 heavy (non-hydrogen) atoms. The van der Waals surface area contributed by atoms with Crippen LogP contribution in [0, 0.1) is 0 Å². The molecule has 0 spiro atoms. The number of hydrogen-bond acceptors (Lipinski definition) is 4. The van der Waals surface area contributed by atoms with E-state index in [-0.39, 0.29) is 18.0 Å². The molecule has 0 aliphatic carbocycles. The van der Waals surface area contributed by atoms with Crippen molar-refractivity contribution in [1.82, 2.24) is 10.6 Å². The van der Waals surface area contributed by atoms with E-state index in [0.717, 1.165) is 17.9 Å². The van der Waals surface area contributed by atoms with E-state index >= 15 is 0 Å². The highest BCUT2D eigenvalue weighted by atomic mass is 16.5. The number of methoxy groups -OCH3 is 1. The molecule has 2 unspecified atom stereocenters. The van der Waals surface area contributed by atoms with Crippen molar-refractivity contribution in [3.63, 3.8) is 0 Å². The van der Waals surface area contributed by atoms with E-state index in [9.17, 15) is 4.79 Å². The predicted molar refractivity (Wildman–Crippen MR) is 72.2 cm³/mol. The average Bonchev–Trinajstić information content (AvgIpc) is 2.48. The molecule has 2 N–H and O–H groups in total. The lowest BCUT2D eigenvalue weighted by molar-refractivity contribution is -0.126. The van der Waals surface area contributed by atoms with Crippen molar-refractivity contribution in [3.05, 3.63) is 29.8 Å².